The summed E-state index contributed by atoms with van der Waals surface area (Å²) in [5, 5.41) is 6.87. The van der Waals surface area contributed by atoms with Crippen LogP contribution < -0.4 is 5.32 Å². The second-order valence-electron chi connectivity index (χ2n) is 4.12. The van der Waals surface area contributed by atoms with Gasteiger partial charge in [0.05, 0.1) is 7.11 Å². The van der Waals surface area contributed by atoms with E-state index < -0.39 is 5.97 Å². The van der Waals surface area contributed by atoms with Gasteiger partial charge in [-0.1, -0.05) is 5.16 Å². The Morgan fingerprint density at radius 3 is 2.80 bits per heavy atom. The summed E-state index contributed by atoms with van der Waals surface area (Å²) in [5.74, 6) is 1.17. The van der Waals surface area contributed by atoms with E-state index in [2.05, 4.69) is 30.2 Å². The van der Waals surface area contributed by atoms with Crippen LogP contribution in [-0.2, 0) is 11.2 Å². The van der Waals surface area contributed by atoms with Crippen molar-refractivity contribution in [2.24, 2.45) is 0 Å². The zero-order valence-electron chi connectivity index (χ0n) is 11.5. The first-order valence-corrected chi connectivity index (χ1v) is 6.05. The molecule has 0 fully saturated rings. The van der Waals surface area contributed by atoms with Crippen LogP contribution in [0.1, 0.15) is 28.0 Å². The van der Waals surface area contributed by atoms with Gasteiger partial charge in [0.15, 0.2) is 5.82 Å². The van der Waals surface area contributed by atoms with E-state index in [1.807, 2.05) is 0 Å². The van der Waals surface area contributed by atoms with Gasteiger partial charge in [-0.3, -0.25) is 0 Å². The first-order chi connectivity index (χ1) is 9.58. The fourth-order valence-electron chi connectivity index (χ4n) is 1.59. The summed E-state index contributed by atoms with van der Waals surface area (Å²) >= 11 is 0. The van der Waals surface area contributed by atoms with Crippen molar-refractivity contribution in [1.29, 1.82) is 0 Å². The van der Waals surface area contributed by atoms with Crippen molar-refractivity contribution in [2.75, 3.05) is 19.0 Å². The fraction of sp³-hybridized carbons (Fsp3) is 0.417. The van der Waals surface area contributed by atoms with Crippen LogP contribution in [-0.4, -0.2) is 39.7 Å². The van der Waals surface area contributed by atoms with Gasteiger partial charge in [0.25, 0.3) is 0 Å². The molecule has 0 saturated heterocycles. The van der Waals surface area contributed by atoms with Gasteiger partial charge in [-0.05, 0) is 6.92 Å². The van der Waals surface area contributed by atoms with E-state index >= 15 is 0 Å². The number of carbonyl (C=O) groups excluding carboxylic acids is 1. The molecular formula is C12H15N5O3. The number of hydrogen-bond donors (Lipinski definition) is 1. The average molecular weight is 277 g/mol. The normalized spacial score (nSPS) is 10.3. The van der Waals surface area contributed by atoms with Gasteiger partial charge in [0, 0.05) is 31.6 Å². The van der Waals surface area contributed by atoms with Crippen LogP contribution >= 0.6 is 0 Å². The Morgan fingerprint density at radius 2 is 2.15 bits per heavy atom. The highest BCUT2D eigenvalue weighted by molar-refractivity contribution is 5.85. The third kappa shape index (κ3) is 3.50. The second kappa shape index (κ2) is 6.09. The Labute approximate surface area is 115 Å². The molecule has 2 heterocycles. The predicted octanol–water partition coefficient (Wildman–Crippen LogP) is 0.918. The number of ether oxygens (including phenoxy) is 1. The van der Waals surface area contributed by atoms with E-state index in [4.69, 9.17) is 4.52 Å². The number of aryl methyl sites for hydroxylation is 2. The van der Waals surface area contributed by atoms with Gasteiger partial charge in [-0.15, -0.1) is 0 Å². The first-order valence-electron chi connectivity index (χ1n) is 6.05. The van der Waals surface area contributed by atoms with Crippen molar-refractivity contribution < 1.29 is 14.1 Å². The molecule has 0 bridgehead atoms. The molecule has 2 rings (SSSR count). The first kappa shape index (κ1) is 13.9. The van der Waals surface area contributed by atoms with Crippen LogP contribution in [0.3, 0.4) is 0 Å². The van der Waals surface area contributed by atoms with Gasteiger partial charge < -0.3 is 14.6 Å². The zero-order chi connectivity index (χ0) is 14.5. The van der Waals surface area contributed by atoms with Crippen molar-refractivity contribution in [3.63, 3.8) is 0 Å². The molecule has 0 amide bonds. The molecule has 8 heteroatoms. The van der Waals surface area contributed by atoms with E-state index in [1.165, 1.54) is 7.11 Å². The lowest BCUT2D eigenvalue weighted by molar-refractivity contribution is 0.0586. The number of anilines is 1. The summed E-state index contributed by atoms with van der Waals surface area (Å²) < 4.78 is 9.47. The van der Waals surface area contributed by atoms with Gasteiger partial charge in [0.2, 0.25) is 11.7 Å². The summed E-state index contributed by atoms with van der Waals surface area (Å²) in [6.45, 7) is 4.08. The van der Waals surface area contributed by atoms with E-state index in [1.54, 1.807) is 19.9 Å². The SMILES string of the molecule is COC(=O)c1nc(C)cc(NCCc2noc(C)n2)n1. The Bertz CT molecular complexity index is 611. The fourth-order valence-corrected chi connectivity index (χ4v) is 1.59. The minimum absolute atomic E-state index is 0.0328. The second-order valence-corrected chi connectivity index (χ2v) is 4.12. The summed E-state index contributed by atoms with van der Waals surface area (Å²) in [7, 11) is 1.29. The van der Waals surface area contributed by atoms with Gasteiger partial charge in [-0.25, -0.2) is 14.8 Å². The zero-order valence-corrected chi connectivity index (χ0v) is 11.5. The number of esters is 1. The Hall–Kier alpha value is -2.51. The van der Waals surface area contributed by atoms with E-state index in [9.17, 15) is 4.79 Å². The standard InChI is InChI=1S/C12H15N5O3/c1-7-6-10(16-11(14-7)12(18)19-3)13-5-4-9-15-8(2)20-17-9/h6H,4-5H2,1-3H3,(H,13,14,16). The van der Waals surface area contributed by atoms with E-state index in [0.29, 0.717) is 36.2 Å². The highest BCUT2D eigenvalue weighted by atomic mass is 16.5. The molecule has 8 nitrogen and oxygen atoms in total. The van der Waals surface area contributed by atoms with Crippen LogP contribution in [0.15, 0.2) is 10.6 Å². The smallest absolute Gasteiger partial charge is 0.376 e. The van der Waals surface area contributed by atoms with Crippen LogP contribution in [0.25, 0.3) is 0 Å². The third-order valence-corrected chi connectivity index (χ3v) is 2.45. The molecule has 1 N–H and O–H groups in total. The molecule has 20 heavy (non-hydrogen) atoms. The largest absolute Gasteiger partial charge is 0.463 e. The summed E-state index contributed by atoms with van der Waals surface area (Å²) in [4.78, 5) is 23.6. The number of rotatable bonds is 5. The van der Waals surface area contributed by atoms with Crippen LogP contribution in [0.4, 0.5) is 5.82 Å². The number of aromatic nitrogens is 4. The van der Waals surface area contributed by atoms with Gasteiger partial charge >= 0.3 is 5.97 Å². The lowest BCUT2D eigenvalue weighted by Crippen LogP contribution is -2.13. The lowest BCUT2D eigenvalue weighted by Gasteiger charge is -2.06. The van der Waals surface area contributed by atoms with Gasteiger partial charge in [-0.2, -0.15) is 4.98 Å². The average Bonchev–Trinajstić information content (AvgIpc) is 2.83. The molecule has 0 aliphatic carbocycles. The van der Waals surface area contributed by atoms with Crippen molar-refractivity contribution in [2.45, 2.75) is 20.3 Å². The van der Waals surface area contributed by atoms with Crippen molar-refractivity contribution in [1.82, 2.24) is 20.1 Å². The maximum absolute atomic E-state index is 11.4. The number of nitrogens with one attached hydrogen (secondary N) is 1. The van der Waals surface area contributed by atoms with Crippen LogP contribution in [0, 0.1) is 13.8 Å². The molecular weight excluding hydrogens is 262 g/mol. The highest BCUT2D eigenvalue weighted by Gasteiger charge is 2.11. The molecule has 0 aromatic carbocycles. The molecule has 0 unspecified atom stereocenters. The maximum Gasteiger partial charge on any atom is 0.376 e. The molecule has 2 aromatic heterocycles. The molecule has 0 radical (unpaired) electrons. The van der Waals surface area contributed by atoms with E-state index in [0.717, 1.165) is 0 Å². The minimum Gasteiger partial charge on any atom is -0.463 e. The summed E-state index contributed by atoms with van der Waals surface area (Å²) in [5.41, 5.74) is 0.679. The Kier molecular flexibility index (Phi) is 4.24. The number of carbonyl (C=O) groups is 1. The number of hydrogen-bond acceptors (Lipinski definition) is 8. The third-order valence-electron chi connectivity index (χ3n) is 2.45. The van der Waals surface area contributed by atoms with Crippen LogP contribution in [0.5, 0.6) is 0 Å². The summed E-state index contributed by atoms with van der Waals surface area (Å²) in [6, 6.07) is 1.74. The Morgan fingerprint density at radius 1 is 1.35 bits per heavy atom. The molecule has 106 valence electrons. The van der Waals surface area contributed by atoms with E-state index in [-0.39, 0.29) is 5.82 Å². The molecule has 0 spiro atoms. The summed E-state index contributed by atoms with van der Waals surface area (Å²) in [6.07, 6.45) is 0.591. The van der Waals surface area contributed by atoms with Gasteiger partial charge in [0.1, 0.15) is 5.82 Å². The molecule has 0 aliphatic rings. The minimum atomic E-state index is -0.564. The van der Waals surface area contributed by atoms with Crippen molar-refractivity contribution in [3.8, 4) is 0 Å². The lowest BCUT2D eigenvalue weighted by atomic mass is 10.3. The number of nitrogens with zero attached hydrogens (tertiary/aromatic N) is 4. The Balaban J connectivity index is 1.98. The predicted molar refractivity (Wildman–Crippen MR) is 69.3 cm³/mol. The monoisotopic (exact) mass is 277 g/mol. The topological polar surface area (TPSA) is 103 Å². The van der Waals surface area contributed by atoms with Crippen molar-refractivity contribution >= 4 is 11.8 Å². The van der Waals surface area contributed by atoms with Crippen molar-refractivity contribution in [3.05, 3.63) is 29.3 Å². The molecule has 0 saturated carbocycles. The van der Waals surface area contributed by atoms with Crippen LogP contribution in [0.2, 0.25) is 0 Å². The quantitative estimate of drug-likeness (QED) is 0.804. The maximum atomic E-state index is 11.4. The highest BCUT2D eigenvalue weighted by Crippen LogP contribution is 2.07. The number of methoxy groups -OCH3 is 1. The molecule has 0 atom stereocenters. The molecule has 0 aliphatic heterocycles. The molecule has 2 aromatic rings.